The number of anilines is 6. The summed E-state index contributed by atoms with van der Waals surface area (Å²) in [6.07, 6.45) is 0. The van der Waals surface area contributed by atoms with Crippen molar-refractivity contribution in [3.63, 3.8) is 0 Å². The van der Waals surface area contributed by atoms with Crippen LogP contribution >= 0.6 is 0 Å². The molecule has 6 heterocycles. The van der Waals surface area contributed by atoms with E-state index < -0.39 is 0 Å². The zero-order valence-electron chi connectivity index (χ0n) is 41.9. The fraction of sp³-hybridized carbons (Fsp3) is 0. The number of hydrogen-bond acceptors (Lipinski definition) is 4. The lowest BCUT2D eigenvalue weighted by Gasteiger charge is -2.26. The molecule has 0 radical (unpaired) electrons. The molecule has 0 spiro atoms. The van der Waals surface area contributed by atoms with Crippen LogP contribution in [0.1, 0.15) is 0 Å². The Bertz CT molecular complexity index is 5450. The highest BCUT2D eigenvalue weighted by atomic mass is 16.3. The van der Waals surface area contributed by atoms with Gasteiger partial charge in [0.2, 0.25) is 0 Å². The molecule has 0 saturated carbocycles. The topological polar surface area (TPSA) is 41.6 Å². The Morgan fingerprint density at radius 3 is 1.29 bits per heavy atom. The molecule has 0 amide bonds. The minimum absolute atomic E-state index is 0.868. The van der Waals surface area contributed by atoms with E-state index in [2.05, 4.69) is 255 Å². The first kappa shape index (κ1) is 41.8. The van der Waals surface area contributed by atoms with Gasteiger partial charge in [-0.25, -0.2) is 0 Å². The third-order valence-corrected chi connectivity index (χ3v) is 16.7. The maximum atomic E-state index is 6.74. The van der Waals surface area contributed by atoms with Crippen molar-refractivity contribution in [3.8, 4) is 11.1 Å². The van der Waals surface area contributed by atoms with E-state index in [9.17, 15) is 0 Å². The van der Waals surface area contributed by atoms with Crippen LogP contribution in [0.2, 0.25) is 0 Å². The lowest BCUT2D eigenvalue weighted by atomic mass is 9.98. The molecule has 6 nitrogen and oxygen atoms in total. The Hall–Kier alpha value is -10.6. The van der Waals surface area contributed by atoms with E-state index >= 15 is 0 Å². The lowest BCUT2D eigenvalue weighted by molar-refractivity contribution is 0.668. The van der Waals surface area contributed by atoms with Crippen molar-refractivity contribution in [2.45, 2.75) is 0 Å². The Kier molecular flexibility index (Phi) is 8.30. The van der Waals surface area contributed by atoms with Crippen LogP contribution < -0.4 is 9.80 Å². The van der Waals surface area contributed by atoms with Gasteiger partial charge in [-0.1, -0.05) is 164 Å². The van der Waals surface area contributed by atoms with E-state index in [0.29, 0.717) is 0 Å². The number of rotatable bonds is 7. The van der Waals surface area contributed by atoms with Crippen LogP contribution in [0.15, 0.2) is 264 Å². The second kappa shape index (κ2) is 15.5. The van der Waals surface area contributed by atoms with Crippen LogP contribution in [-0.2, 0) is 0 Å². The Labute approximate surface area is 445 Å². The van der Waals surface area contributed by atoms with Gasteiger partial charge in [-0.05, 0) is 102 Å². The SMILES string of the molecule is c1ccc(N(c2ccc(-c3cccc4c3c3cccc5c6cc7c(cc6n4c53)c3cccc4c5c(N(c6ccccc6)c6cccc8c6oc6ccccc68)cccc5n7c34)cc2)c2cccc3c2oc2ccccc23)cc1. The number of para-hydroxylation sites is 8. The molecule has 0 N–H and O–H groups in total. The highest BCUT2D eigenvalue weighted by Gasteiger charge is 2.28. The average Bonchev–Trinajstić information content (AvgIpc) is 4.41. The summed E-state index contributed by atoms with van der Waals surface area (Å²) < 4.78 is 18.4. The van der Waals surface area contributed by atoms with E-state index in [1.54, 1.807) is 0 Å². The third kappa shape index (κ3) is 5.54. The largest absolute Gasteiger partial charge is 0.454 e. The molecule has 78 heavy (non-hydrogen) atoms. The van der Waals surface area contributed by atoms with Gasteiger partial charge in [-0.3, -0.25) is 0 Å². The second-order valence-electron chi connectivity index (χ2n) is 20.7. The number of hydrogen-bond donors (Lipinski definition) is 0. The van der Waals surface area contributed by atoms with Crippen LogP contribution in [0.4, 0.5) is 34.1 Å². The fourth-order valence-electron chi connectivity index (χ4n) is 13.5. The van der Waals surface area contributed by atoms with Crippen molar-refractivity contribution in [1.82, 2.24) is 8.80 Å². The predicted octanol–water partition coefficient (Wildman–Crippen LogP) is 20.4. The predicted molar refractivity (Wildman–Crippen MR) is 325 cm³/mol. The third-order valence-electron chi connectivity index (χ3n) is 16.7. The molecule has 18 rings (SSSR count). The van der Waals surface area contributed by atoms with Gasteiger partial charge in [0.25, 0.3) is 0 Å². The van der Waals surface area contributed by atoms with E-state index in [-0.39, 0.29) is 0 Å². The van der Waals surface area contributed by atoms with Gasteiger partial charge in [0.1, 0.15) is 11.2 Å². The van der Waals surface area contributed by atoms with Crippen LogP contribution in [0, 0.1) is 0 Å². The minimum Gasteiger partial charge on any atom is -0.454 e. The zero-order chi connectivity index (χ0) is 50.7. The van der Waals surface area contributed by atoms with Crippen LogP contribution in [0.5, 0.6) is 0 Å². The van der Waals surface area contributed by atoms with Crippen molar-refractivity contribution < 1.29 is 8.83 Å². The highest BCUT2D eigenvalue weighted by Crippen LogP contribution is 2.51. The summed E-state index contributed by atoms with van der Waals surface area (Å²) in [5, 5.41) is 14.3. The van der Waals surface area contributed by atoms with Crippen molar-refractivity contribution >= 4 is 154 Å². The summed E-state index contributed by atoms with van der Waals surface area (Å²) >= 11 is 0. The first-order valence-corrected chi connectivity index (χ1v) is 26.7. The fourth-order valence-corrected chi connectivity index (χ4v) is 13.5. The average molecular weight is 995 g/mol. The molecular weight excluding hydrogens is 953 g/mol. The molecule has 6 heteroatoms. The van der Waals surface area contributed by atoms with Crippen LogP contribution in [-0.4, -0.2) is 8.80 Å². The molecule has 362 valence electrons. The summed E-state index contributed by atoms with van der Waals surface area (Å²) in [4.78, 5) is 4.70. The summed E-state index contributed by atoms with van der Waals surface area (Å²) in [6.45, 7) is 0. The Balaban J connectivity index is 0.813. The molecule has 0 aliphatic carbocycles. The molecule has 0 bridgehead atoms. The van der Waals surface area contributed by atoms with E-state index in [1.807, 2.05) is 18.2 Å². The molecule has 0 saturated heterocycles. The zero-order valence-corrected chi connectivity index (χ0v) is 41.9. The molecule has 6 aromatic heterocycles. The molecule has 0 fully saturated rings. The highest BCUT2D eigenvalue weighted by molar-refractivity contribution is 6.31. The molecule has 0 unspecified atom stereocenters. The van der Waals surface area contributed by atoms with Crippen LogP contribution in [0.3, 0.4) is 0 Å². The van der Waals surface area contributed by atoms with E-state index in [4.69, 9.17) is 8.83 Å². The van der Waals surface area contributed by atoms with Gasteiger partial charge in [-0.2, -0.15) is 0 Å². The first-order chi connectivity index (χ1) is 38.7. The number of nitrogens with zero attached hydrogens (tertiary/aromatic N) is 4. The summed E-state index contributed by atoms with van der Waals surface area (Å²) in [5.41, 5.74) is 19.4. The Morgan fingerprint density at radius 2 is 0.692 bits per heavy atom. The quantitative estimate of drug-likeness (QED) is 0.160. The molecule has 0 aliphatic heterocycles. The van der Waals surface area contributed by atoms with Gasteiger partial charge in [0.15, 0.2) is 11.2 Å². The molecule has 18 aromatic rings. The Morgan fingerprint density at radius 1 is 0.269 bits per heavy atom. The smallest absolute Gasteiger partial charge is 0.159 e. The molecule has 0 atom stereocenters. The summed E-state index contributed by atoms with van der Waals surface area (Å²) in [6, 6.07) is 92.2. The standard InChI is InChI=1S/C72H42N4O2/c1-3-17-44(18-4-1)73(61-33-14-26-52-48-21-7-9-35-65(48)77-71(52)61)46-39-37-43(38-40-46)47-23-13-30-58-67(47)54-28-11-24-50-56-42-64-57(41-63(56)75(58)69(50)54)51-25-12-29-55-68-59(31-16-32-60(68)76(64)70(51)55)74(45-19-5-2-6-20-45)62-34-15-27-53-49-22-8-10-36-66(49)78-72(53)62/h1-42H. The summed E-state index contributed by atoms with van der Waals surface area (Å²) in [5.74, 6) is 0. The number of fused-ring (bicyclic) bond motifs is 18. The van der Waals surface area contributed by atoms with Gasteiger partial charge >= 0.3 is 0 Å². The van der Waals surface area contributed by atoms with Gasteiger partial charge < -0.3 is 27.4 Å². The van der Waals surface area contributed by atoms with E-state index in [0.717, 1.165) is 83.6 Å². The van der Waals surface area contributed by atoms with Crippen molar-refractivity contribution in [1.29, 1.82) is 0 Å². The normalized spacial score (nSPS) is 12.4. The molecule has 0 aliphatic rings. The maximum Gasteiger partial charge on any atom is 0.159 e. The number of aromatic nitrogens is 2. The van der Waals surface area contributed by atoms with Crippen molar-refractivity contribution in [2.75, 3.05) is 9.80 Å². The minimum atomic E-state index is 0.868. The van der Waals surface area contributed by atoms with Crippen LogP contribution in [0.25, 0.3) is 131 Å². The van der Waals surface area contributed by atoms with E-state index in [1.165, 1.54) is 81.8 Å². The number of furan rings is 2. The first-order valence-electron chi connectivity index (χ1n) is 26.7. The second-order valence-corrected chi connectivity index (χ2v) is 20.7. The van der Waals surface area contributed by atoms with Crippen molar-refractivity contribution in [3.05, 3.63) is 255 Å². The number of benzene rings is 12. The van der Waals surface area contributed by atoms with Crippen molar-refractivity contribution in [2.24, 2.45) is 0 Å². The maximum absolute atomic E-state index is 6.74. The molecular formula is C72H42N4O2. The van der Waals surface area contributed by atoms with Gasteiger partial charge in [0.05, 0.1) is 50.2 Å². The summed E-state index contributed by atoms with van der Waals surface area (Å²) in [7, 11) is 0. The van der Waals surface area contributed by atoms with Gasteiger partial charge in [0, 0.05) is 81.7 Å². The monoisotopic (exact) mass is 994 g/mol. The van der Waals surface area contributed by atoms with Gasteiger partial charge in [-0.15, -0.1) is 0 Å². The molecule has 12 aromatic carbocycles. The lowest BCUT2D eigenvalue weighted by Crippen LogP contribution is -2.10.